The molecule has 0 spiro atoms. The molecule has 1 aliphatic heterocycles. The van der Waals surface area contributed by atoms with E-state index in [4.69, 9.17) is 10.00 Å². The van der Waals surface area contributed by atoms with Crippen molar-refractivity contribution in [2.75, 3.05) is 11.5 Å². The first-order chi connectivity index (χ1) is 5.74. The molecule has 0 amide bonds. The Bertz CT molecular complexity index is 206. The number of esters is 1. The van der Waals surface area contributed by atoms with Crippen molar-refractivity contribution in [3.05, 3.63) is 0 Å². The summed E-state index contributed by atoms with van der Waals surface area (Å²) >= 11 is 1.76. The molecule has 0 aromatic carbocycles. The molecule has 1 saturated heterocycles. The lowest BCUT2D eigenvalue weighted by molar-refractivity contribution is -0.149. The standard InChI is InChI=1S/C8H11NO2S/c1-6(4-9)11-8(10)7-2-3-12-5-7/h6-7H,2-3,5H2,1H3. The molecule has 2 unspecified atom stereocenters. The Morgan fingerprint density at radius 3 is 3.08 bits per heavy atom. The second kappa shape index (κ2) is 4.36. The van der Waals surface area contributed by atoms with Crippen LogP contribution in [-0.4, -0.2) is 23.6 Å². The summed E-state index contributed by atoms with van der Waals surface area (Å²) < 4.78 is 4.87. The summed E-state index contributed by atoms with van der Waals surface area (Å²) in [5, 5.41) is 8.39. The molecule has 2 atom stereocenters. The average molecular weight is 185 g/mol. The summed E-state index contributed by atoms with van der Waals surface area (Å²) in [7, 11) is 0. The highest BCUT2D eigenvalue weighted by Gasteiger charge is 2.25. The van der Waals surface area contributed by atoms with Gasteiger partial charge in [-0.05, 0) is 19.1 Å². The van der Waals surface area contributed by atoms with Crippen molar-refractivity contribution in [2.45, 2.75) is 19.4 Å². The zero-order valence-corrected chi connectivity index (χ0v) is 7.76. The predicted molar refractivity (Wildman–Crippen MR) is 46.6 cm³/mol. The van der Waals surface area contributed by atoms with Gasteiger partial charge >= 0.3 is 5.97 Å². The molecule has 66 valence electrons. The number of carbonyl (C=O) groups is 1. The lowest BCUT2D eigenvalue weighted by Gasteiger charge is -2.09. The fraction of sp³-hybridized carbons (Fsp3) is 0.750. The Kier molecular flexibility index (Phi) is 3.42. The number of hydrogen-bond donors (Lipinski definition) is 0. The van der Waals surface area contributed by atoms with Crippen LogP contribution in [0, 0.1) is 17.2 Å². The van der Waals surface area contributed by atoms with E-state index in [1.54, 1.807) is 18.7 Å². The van der Waals surface area contributed by atoms with Crippen LogP contribution in [0.1, 0.15) is 13.3 Å². The molecule has 1 rings (SSSR count). The quantitative estimate of drug-likeness (QED) is 0.606. The summed E-state index contributed by atoms with van der Waals surface area (Å²) in [6.07, 6.45) is 0.282. The lowest BCUT2D eigenvalue weighted by Crippen LogP contribution is -2.21. The Labute approximate surface area is 76.1 Å². The van der Waals surface area contributed by atoms with Gasteiger partial charge < -0.3 is 4.74 Å². The Hall–Kier alpha value is -0.690. The fourth-order valence-electron chi connectivity index (χ4n) is 1.02. The van der Waals surface area contributed by atoms with Crippen LogP contribution >= 0.6 is 11.8 Å². The van der Waals surface area contributed by atoms with E-state index in [9.17, 15) is 4.79 Å². The number of nitrogens with zero attached hydrogens (tertiary/aromatic N) is 1. The molecule has 4 heteroatoms. The summed E-state index contributed by atoms with van der Waals surface area (Å²) in [4.78, 5) is 11.2. The number of thioether (sulfide) groups is 1. The van der Waals surface area contributed by atoms with Crippen LogP contribution in [0.15, 0.2) is 0 Å². The van der Waals surface area contributed by atoms with Gasteiger partial charge in [0.15, 0.2) is 6.10 Å². The van der Waals surface area contributed by atoms with Crippen LogP contribution in [0.3, 0.4) is 0 Å². The van der Waals surface area contributed by atoms with E-state index in [0.717, 1.165) is 17.9 Å². The monoisotopic (exact) mass is 185 g/mol. The van der Waals surface area contributed by atoms with Crippen LogP contribution in [0.2, 0.25) is 0 Å². The first-order valence-corrected chi connectivity index (χ1v) is 5.07. The van der Waals surface area contributed by atoms with Crippen LogP contribution in [0.4, 0.5) is 0 Å². The van der Waals surface area contributed by atoms with Gasteiger partial charge in [0.25, 0.3) is 0 Å². The minimum atomic E-state index is -0.608. The van der Waals surface area contributed by atoms with E-state index in [0.29, 0.717) is 0 Å². The topological polar surface area (TPSA) is 50.1 Å². The highest BCUT2D eigenvalue weighted by Crippen LogP contribution is 2.24. The molecule has 12 heavy (non-hydrogen) atoms. The van der Waals surface area contributed by atoms with Crippen molar-refractivity contribution >= 4 is 17.7 Å². The van der Waals surface area contributed by atoms with E-state index in [1.807, 2.05) is 6.07 Å². The van der Waals surface area contributed by atoms with Crippen molar-refractivity contribution < 1.29 is 9.53 Å². The Morgan fingerprint density at radius 1 is 1.83 bits per heavy atom. The van der Waals surface area contributed by atoms with Gasteiger partial charge in [-0.15, -0.1) is 0 Å². The minimum Gasteiger partial charge on any atom is -0.447 e. The van der Waals surface area contributed by atoms with Crippen LogP contribution in [0.5, 0.6) is 0 Å². The zero-order valence-electron chi connectivity index (χ0n) is 6.95. The molecule has 0 radical (unpaired) electrons. The SMILES string of the molecule is CC(C#N)OC(=O)C1CCSC1. The average Bonchev–Trinajstić information content (AvgIpc) is 2.56. The van der Waals surface area contributed by atoms with Gasteiger partial charge in [0.05, 0.1) is 5.92 Å². The van der Waals surface area contributed by atoms with Crippen molar-refractivity contribution in [3.8, 4) is 6.07 Å². The third-order valence-electron chi connectivity index (χ3n) is 1.74. The summed E-state index contributed by atoms with van der Waals surface area (Å²) in [5.74, 6) is 1.68. The molecule has 0 bridgehead atoms. The van der Waals surface area contributed by atoms with Crippen molar-refractivity contribution in [1.29, 1.82) is 5.26 Å². The molecule has 1 fully saturated rings. The Morgan fingerprint density at radius 2 is 2.58 bits per heavy atom. The third-order valence-corrected chi connectivity index (χ3v) is 2.90. The van der Waals surface area contributed by atoms with Gasteiger partial charge in [-0.3, -0.25) is 4.79 Å². The molecular weight excluding hydrogens is 174 g/mol. The van der Waals surface area contributed by atoms with E-state index >= 15 is 0 Å². The maximum Gasteiger partial charge on any atom is 0.311 e. The van der Waals surface area contributed by atoms with Crippen LogP contribution in [-0.2, 0) is 9.53 Å². The van der Waals surface area contributed by atoms with Gasteiger partial charge in [0.2, 0.25) is 0 Å². The summed E-state index contributed by atoms with van der Waals surface area (Å²) in [5.41, 5.74) is 0. The number of nitriles is 1. The zero-order chi connectivity index (χ0) is 8.97. The number of rotatable bonds is 2. The summed E-state index contributed by atoms with van der Waals surface area (Å²) in [6, 6.07) is 1.87. The van der Waals surface area contributed by atoms with Gasteiger partial charge in [-0.1, -0.05) is 0 Å². The molecule has 0 N–H and O–H groups in total. The lowest BCUT2D eigenvalue weighted by atomic mass is 10.1. The second-order valence-corrected chi connectivity index (χ2v) is 3.92. The second-order valence-electron chi connectivity index (χ2n) is 2.77. The molecule has 3 nitrogen and oxygen atoms in total. The van der Waals surface area contributed by atoms with Crippen molar-refractivity contribution in [2.24, 2.45) is 5.92 Å². The molecular formula is C8H11NO2S. The molecule has 0 aromatic rings. The number of ether oxygens (including phenoxy) is 1. The third kappa shape index (κ3) is 2.42. The smallest absolute Gasteiger partial charge is 0.311 e. The van der Waals surface area contributed by atoms with E-state index < -0.39 is 6.10 Å². The van der Waals surface area contributed by atoms with E-state index in [2.05, 4.69) is 0 Å². The predicted octanol–water partition coefficient (Wildman–Crippen LogP) is 1.19. The van der Waals surface area contributed by atoms with E-state index in [-0.39, 0.29) is 11.9 Å². The largest absolute Gasteiger partial charge is 0.447 e. The maximum absolute atomic E-state index is 11.2. The fourth-order valence-corrected chi connectivity index (χ4v) is 2.22. The van der Waals surface area contributed by atoms with Gasteiger partial charge in [-0.25, -0.2) is 0 Å². The van der Waals surface area contributed by atoms with E-state index in [1.165, 1.54) is 0 Å². The first-order valence-electron chi connectivity index (χ1n) is 3.92. The first kappa shape index (κ1) is 9.40. The van der Waals surface area contributed by atoms with Crippen LogP contribution < -0.4 is 0 Å². The molecule has 0 aromatic heterocycles. The summed E-state index contributed by atoms with van der Waals surface area (Å²) in [6.45, 7) is 1.58. The highest BCUT2D eigenvalue weighted by atomic mass is 32.2. The maximum atomic E-state index is 11.2. The minimum absolute atomic E-state index is 0.0193. The van der Waals surface area contributed by atoms with Crippen molar-refractivity contribution in [3.63, 3.8) is 0 Å². The normalized spacial score (nSPS) is 24.5. The Balaban J connectivity index is 2.33. The number of carbonyl (C=O) groups excluding carboxylic acids is 1. The van der Waals surface area contributed by atoms with Gasteiger partial charge in [0.1, 0.15) is 6.07 Å². The van der Waals surface area contributed by atoms with Crippen LogP contribution in [0.25, 0.3) is 0 Å². The number of hydrogen-bond acceptors (Lipinski definition) is 4. The highest BCUT2D eigenvalue weighted by molar-refractivity contribution is 7.99. The van der Waals surface area contributed by atoms with Crippen molar-refractivity contribution in [1.82, 2.24) is 0 Å². The molecule has 0 saturated carbocycles. The molecule has 1 heterocycles. The van der Waals surface area contributed by atoms with Gasteiger partial charge in [-0.2, -0.15) is 17.0 Å². The molecule has 0 aliphatic carbocycles. The van der Waals surface area contributed by atoms with Gasteiger partial charge in [0, 0.05) is 5.75 Å². The molecule has 1 aliphatic rings.